The fourth-order valence-corrected chi connectivity index (χ4v) is 5.20. The Morgan fingerprint density at radius 1 is 1.29 bits per heavy atom. The molecule has 0 bridgehead atoms. The van der Waals surface area contributed by atoms with E-state index in [4.69, 9.17) is 17.3 Å². The zero-order valence-corrected chi connectivity index (χ0v) is 19.1. The van der Waals surface area contributed by atoms with Crippen LogP contribution < -0.4 is 10.5 Å². The van der Waals surface area contributed by atoms with Gasteiger partial charge in [0, 0.05) is 38.7 Å². The molecule has 0 radical (unpaired) electrons. The number of rotatable bonds is 6. The summed E-state index contributed by atoms with van der Waals surface area (Å²) in [5.41, 5.74) is 0.930. The molecule has 3 heterocycles. The van der Waals surface area contributed by atoms with Gasteiger partial charge >= 0.3 is 5.97 Å². The number of carbonyl (C=O) groups is 2. The molecule has 0 spiro atoms. The molecule has 1 aromatic heterocycles. The van der Waals surface area contributed by atoms with Crippen molar-refractivity contribution in [3.8, 4) is 6.07 Å². The van der Waals surface area contributed by atoms with E-state index in [9.17, 15) is 19.6 Å². The van der Waals surface area contributed by atoms with Gasteiger partial charge in [-0.15, -0.1) is 0 Å². The number of amides is 1. The number of thiocarbonyl (C=S) groups is 1. The normalized spacial score (nSPS) is 18.0. The van der Waals surface area contributed by atoms with E-state index in [2.05, 4.69) is 4.90 Å². The molecule has 0 unspecified atom stereocenters. The zero-order valence-electron chi connectivity index (χ0n) is 17.5. The van der Waals surface area contributed by atoms with Crippen LogP contribution in [0.5, 0.6) is 0 Å². The Kier molecular flexibility index (Phi) is 7.18. The van der Waals surface area contributed by atoms with Gasteiger partial charge < -0.3 is 10.0 Å². The largest absolute Gasteiger partial charge is 0.481 e. The summed E-state index contributed by atoms with van der Waals surface area (Å²) in [6.45, 7) is 3.57. The molecule has 31 heavy (non-hydrogen) atoms. The van der Waals surface area contributed by atoms with Gasteiger partial charge in [-0.2, -0.15) is 5.26 Å². The first-order chi connectivity index (χ1) is 14.8. The van der Waals surface area contributed by atoms with Crippen LogP contribution in [0.3, 0.4) is 0 Å². The Labute approximate surface area is 190 Å². The number of aliphatic carboxylic acids is 1. The van der Waals surface area contributed by atoms with Crippen LogP contribution in [0.2, 0.25) is 0 Å². The van der Waals surface area contributed by atoms with Crippen molar-refractivity contribution < 1.29 is 14.7 Å². The highest BCUT2D eigenvalue weighted by Gasteiger charge is 2.33. The number of aromatic nitrogens is 1. The Balaban J connectivity index is 2.04. The number of piperidine rings is 1. The zero-order chi connectivity index (χ0) is 22.7. The molecule has 8 nitrogen and oxygen atoms in total. The lowest BCUT2D eigenvalue weighted by Crippen LogP contribution is -2.36. The van der Waals surface area contributed by atoms with E-state index >= 15 is 0 Å². The minimum Gasteiger partial charge on any atom is -0.481 e. The molecule has 2 aliphatic rings. The van der Waals surface area contributed by atoms with Gasteiger partial charge in [0.15, 0.2) is 0 Å². The monoisotopic (exact) mass is 460 g/mol. The topological polar surface area (TPSA) is 107 Å². The molecule has 0 aromatic carbocycles. The minimum absolute atomic E-state index is 0.0410. The molecule has 2 aliphatic heterocycles. The van der Waals surface area contributed by atoms with E-state index in [0.29, 0.717) is 32.6 Å². The van der Waals surface area contributed by atoms with Crippen LogP contribution >= 0.6 is 24.0 Å². The highest BCUT2D eigenvalue weighted by molar-refractivity contribution is 8.26. The van der Waals surface area contributed by atoms with Gasteiger partial charge in [-0.1, -0.05) is 24.0 Å². The van der Waals surface area contributed by atoms with E-state index in [1.165, 1.54) is 9.47 Å². The summed E-state index contributed by atoms with van der Waals surface area (Å²) in [7, 11) is 1.65. The minimum atomic E-state index is -0.919. The lowest BCUT2D eigenvalue weighted by Gasteiger charge is -2.32. The summed E-state index contributed by atoms with van der Waals surface area (Å²) < 4.78 is 1.88. The predicted octanol–water partition coefficient (Wildman–Crippen LogP) is 2.62. The SMILES string of the molecule is Cc1c(C=C2SC(=S)N(CCCC(=O)O)C2=O)c(N2CCCCC2)n(C)c(=O)c1C#N. The number of carbonyl (C=O) groups excluding carboxylic acids is 1. The van der Waals surface area contributed by atoms with Crippen LogP contribution in [0, 0.1) is 18.3 Å². The summed E-state index contributed by atoms with van der Waals surface area (Å²) in [4.78, 5) is 40.4. The predicted molar refractivity (Wildman–Crippen MR) is 124 cm³/mol. The van der Waals surface area contributed by atoms with Crippen molar-refractivity contribution in [2.45, 2.75) is 39.0 Å². The number of carboxylic acids is 1. The summed E-state index contributed by atoms with van der Waals surface area (Å²) in [5, 5.41) is 18.4. The number of hydrogen-bond acceptors (Lipinski definition) is 7. The van der Waals surface area contributed by atoms with Gasteiger partial charge in [-0.3, -0.25) is 23.9 Å². The highest BCUT2D eigenvalue weighted by Crippen LogP contribution is 2.36. The molecule has 2 saturated heterocycles. The van der Waals surface area contributed by atoms with Gasteiger partial charge in [0.1, 0.15) is 21.8 Å². The van der Waals surface area contributed by atoms with Crippen LogP contribution in [-0.4, -0.2) is 50.4 Å². The third-order valence-electron chi connectivity index (χ3n) is 5.54. The number of pyridine rings is 1. The maximum Gasteiger partial charge on any atom is 0.303 e. The molecule has 1 aromatic rings. The molecule has 1 amide bonds. The standard InChI is InChI=1S/C21H24N4O4S2/c1-13-14(11-16-20(29)25(21(30)31-16)10-6-7-17(26)27)18(24-8-4-3-5-9-24)23(2)19(28)15(13)12-22/h11H,3-10H2,1-2H3,(H,26,27). The number of carboxylic acid groups (broad SMARTS) is 1. The van der Waals surface area contributed by atoms with E-state index in [1.54, 1.807) is 20.0 Å². The van der Waals surface area contributed by atoms with E-state index in [0.717, 1.165) is 44.1 Å². The van der Waals surface area contributed by atoms with Gasteiger partial charge in [-0.25, -0.2) is 0 Å². The van der Waals surface area contributed by atoms with Crippen molar-refractivity contribution in [1.82, 2.24) is 9.47 Å². The summed E-state index contributed by atoms with van der Waals surface area (Å²) >= 11 is 6.49. The van der Waals surface area contributed by atoms with Crippen LogP contribution in [0.15, 0.2) is 9.70 Å². The third kappa shape index (κ3) is 4.67. The lowest BCUT2D eigenvalue weighted by atomic mass is 10.0. The molecule has 1 N–H and O–H groups in total. The first-order valence-electron chi connectivity index (χ1n) is 10.1. The molecule has 2 fully saturated rings. The van der Waals surface area contributed by atoms with Crippen molar-refractivity contribution >= 4 is 52.1 Å². The van der Waals surface area contributed by atoms with Crippen LogP contribution in [0.4, 0.5) is 5.82 Å². The molecule has 0 aliphatic carbocycles. The summed E-state index contributed by atoms with van der Waals surface area (Å²) in [6.07, 6.45) is 5.14. The molecule has 0 saturated carbocycles. The molecular weight excluding hydrogens is 436 g/mol. The fourth-order valence-electron chi connectivity index (χ4n) is 3.91. The Hall–Kier alpha value is -2.64. The second-order valence-electron chi connectivity index (χ2n) is 7.59. The lowest BCUT2D eigenvalue weighted by molar-refractivity contribution is -0.137. The quantitative estimate of drug-likeness (QED) is 0.510. The highest BCUT2D eigenvalue weighted by atomic mass is 32.2. The summed E-state index contributed by atoms with van der Waals surface area (Å²) in [6, 6.07) is 2.00. The van der Waals surface area contributed by atoms with E-state index in [1.807, 2.05) is 6.07 Å². The van der Waals surface area contributed by atoms with Crippen molar-refractivity contribution in [3.63, 3.8) is 0 Å². The molecule has 164 valence electrons. The third-order valence-corrected chi connectivity index (χ3v) is 6.92. The number of nitrogens with zero attached hydrogens (tertiary/aromatic N) is 4. The summed E-state index contributed by atoms with van der Waals surface area (Å²) in [5.74, 6) is -0.494. The maximum atomic E-state index is 13.0. The smallest absolute Gasteiger partial charge is 0.303 e. The molecular formula is C21H24N4O4S2. The first kappa shape index (κ1) is 23.0. The number of anilines is 1. The Morgan fingerprint density at radius 3 is 2.58 bits per heavy atom. The van der Waals surface area contributed by atoms with Crippen molar-refractivity contribution in [3.05, 3.63) is 31.9 Å². The average Bonchev–Trinajstić information content (AvgIpc) is 3.00. The van der Waals surface area contributed by atoms with Crippen LogP contribution in [-0.2, 0) is 16.6 Å². The van der Waals surface area contributed by atoms with Crippen molar-refractivity contribution in [1.29, 1.82) is 5.26 Å². The Bertz CT molecular complexity index is 1060. The number of thioether (sulfide) groups is 1. The van der Waals surface area contributed by atoms with Crippen molar-refractivity contribution in [2.24, 2.45) is 7.05 Å². The Morgan fingerprint density at radius 2 is 1.97 bits per heavy atom. The van der Waals surface area contributed by atoms with Crippen molar-refractivity contribution in [2.75, 3.05) is 24.5 Å². The molecule has 0 atom stereocenters. The average molecular weight is 461 g/mol. The number of nitriles is 1. The van der Waals surface area contributed by atoms with Crippen LogP contribution in [0.1, 0.15) is 48.8 Å². The van der Waals surface area contributed by atoms with Gasteiger partial charge in [0.2, 0.25) is 0 Å². The van der Waals surface area contributed by atoms with Gasteiger partial charge in [-0.05, 0) is 44.2 Å². The molecule has 3 rings (SSSR count). The van der Waals surface area contributed by atoms with E-state index < -0.39 is 5.97 Å². The first-order valence-corrected chi connectivity index (χ1v) is 11.3. The van der Waals surface area contributed by atoms with Gasteiger partial charge in [0.05, 0.1) is 4.91 Å². The van der Waals surface area contributed by atoms with Crippen LogP contribution in [0.25, 0.3) is 6.08 Å². The van der Waals surface area contributed by atoms with Gasteiger partial charge in [0.25, 0.3) is 11.5 Å². The number of hydrogen-bond donors (Lipinski definition) is 1. The second kappa shape index (κ2) is 9.66. The molecule has 10 heteroatoms. The maximum absolute atomic E-state index is 13.0. The van der Waals surface area contributed by atoms with E-state index in [-0.39, 0.29) is 30.0 Å². The fraction of sp³-hybridized carbons (Fsp3) is 0.476. The second-order valence-corrected chi connectivity index (χ2v) is 9.27.